The van der Waals surface area contributed by atoms with E-state index in [1.165, 1.54) is 167 Å². The molecular formula is C61H108O6. The second-order valence-corrected chi connectivity index (χ2v) is 19.2. The maximum Gasteiger partial charge on any atom is 0.306 e. The van der Waals surface area contributed by atoms with Crippen molar-refractivity contribution in [3.05, 3.63) is 60.8 Å². The molecule has 0 amide bonds. The van der Waals surface area contributed by atoms with Crippen LogP contribution in [0, 0.1) is 0 Å². The van der Waals surface area contributed by atoms with Crippen molar-refractivity contribution in [2.75, 3.05) is 13.2 Å². The third-order valence-electron chi connectivity index (χ3n) is 12.5. The van der Waals surface area contributed by atoms with Gasteiger partial charge in [-0.05, 0) is 83.5 Å². The molecule has 0 spiro atoms. The molecule has 6 nitrogen and oxygen atoms in total. The highest BCUT2D eigenvalue weighted by Crippen LogP contribution is 2.16. The summed E-state index contributed by atoms with van der Waals surface area (Å²) in [6.45, 7) is 6.52. The largest absolute Gasteiger partial charge is 0.462 e. The molecule has 0 heterocycles. The van der Waals surface area contributed by atoms with Crippen LogP contribution >= 0.6 is 0 Å². The number of hydrogen-bond acceptors (Lipinski definition) is 6. The summed E-state index contributed by atoms with van der Waals surface area (Å²) in [7, 11) is 0. The molecule has 0 bridgehead atoms. The van der Waals surface area contributed by atoms with Gasteiger partial charge in [-0.1, -0.05) is 248 Å². The van der Waals surface area contributed by atoms with Gasteiger partial charge in [-0.2, -0.15) is 0 Å². The summed E-state index contributed by atoms with van der Waals surface area (Å²) in [5.41, 5.74) is 0. The highest BCUT2D eigenvalue weighted by molar-refractivity contribution is 5.71. The van der Waals surface area contributed by atoms with Gasteiger partial charge < -0.3 is 14.2 Å². The lowest BCUT2D eigenvalue weighted by Gasteiger charge is -2.18. The quantitative estimate of drug-likeness (QED) is 0.0262. The molecule has 0 radical (unpaired) electrons. The van der Waals surface area contributed by atoms with Gasteiger partial charge in [0.25, 0.3) is 0 Å². The van der Waals surface area contributed by atoms with Crippen LogP contribution in [0.5, 0.6) is 0 Å². The number of ether oxygens (including phenoxy) is 3. The van der Waals surface area contributed by atoms with E-state index in [0.29, 0.717) is 19.3 Å². The van der Waals surface area contributed by atoms with Crippen molar-refractivity contribution in [3.8, 4) is 0 Å². The number of esters is 3. The predicted molar refractivity (Wildman–Crippen MR) is 288 cm³/mol. The monoisotopic (exact) mass is 937 g/mol. The highest BCUT2D eigenvalue weighted by Gasteiger charge is 2.19. The summed E-state index contributed by atoms with van der Waals surface area (Å²) >= 11 is 0. The zero-order valence-electron chi connectivity index (χ0n) is 44.4. The number of rotatable bonds is 52. The van der Waals surface area contributed by atoms with Gasteiger partial charge in [0, 0.05) is 19.3 Å². The third kappa shape index (κ3) is 53.9. The van der Waals surface area contributed by atoms with Crippen LogP contribution in [0.15, 0.2) is 60.8 Å². The fourth-order valence-electron chi connectivity index (χ4n) is 8.19. The highest BCUT2D eigenvalue weighted by atomic mass is 16.6. The fourth-order valence-corrected chi connectivity index (χ4v) is 8.19. The van der Waals surface area contributed by atoms with E-state index in [2.05, 4.69) is 81.5 Å². The molecule has 0 N–H and O–H groups in total. The summed E-state index contributed by atoms with van der Waals surface area (Å²) < 4.78 is 16.8. The number of carbonyl (C=O) groups is 3. The molecule has 0 aliphatic rings. The van der Waals surface area contributed by atoms with Gasteiger partial charge in [0.1, 0.15) is 13.2 Å². The van der Waals surface area contributed by atoms with Crippen LogP contribution in [0.4, 0.5) is 0 Å². The number of unbranched alkanes of at least 4 members (excludes halogenated alkanes) is 31. The summed E-state index contributed by atoms with van der Waals surface area (Å²) in [5.74, 6) is -0.921. The van der Waals surface area contributed by atoms with Crippen molar-refractivity contribution in [1.29, 1.82) is 0 Å². The van der Waals surface area contributed by atoms with Crippen LogP contribution in [0.1, 0.15) is 290 Å². The Balaban J connectivity index is 4.41. The van der Waals surface area contributed by atoms with Gasteiger partial charge in [0.2, 0.25) is 0 Å². The Labute approximate surface area is 415 Å². The van der Waals surface area contributed by atoms with Crippen LogP contribution in [-0.4, -0.2) is 37.2 Å². The molecule has 1 atom stereocenters. The van der Waals surface area contributed by atoms with Gasteiger partial charge in [0.05, 0.1) is 0 Å². The Kier molecular flexibility index (Phi) is 53.3. The number of carbonyl (C=O) groups excluding carboxylic acids is 3. The summed E-state index contributed by atoms with van der Waals surface area (Å²) in [4.78, 5) is 38.1. The van der Waals surface area contributed by atoms with E-state index < -0.39 is 6.10 Å². The van der Waals surface area contributed by atoms with Gasteiger partial charge in [-0.15, -0.1) is 0 Å². The lowest BCUT2D eigenvalue weighted by molar-refractivity contribution is -0.167. The van der Waals surface area contributed by atoms with Crippen molar-refractivity contribution in [1.82, 2.24) is 0 Å². The standard InChI is InChI=1S/C61H108O6/c1-4-7-10-13-16-19-22-25-28-30-31-34-36-39-42-45-48-51-54-60(63)66-57-58(56-65-59(62)53-50-47-44-41-38-35-32-27-24-21-18-15-12-9-6-3)67-61(64)55-52-49-46-43-40-37-33-29-26-23-20-17-14-11-8-5-2/h9,12,18,21,27-28,30,32,38,41,58H,4-8,10-11,13-17,19-20,22-26,29,31,33-37,39-40,42-57H2,1-3H3/b12-9-,21-18-,30-28-,32-27-,41-38-. The van der Waals surface area contributed by atoms with Crippen molar-refractivity contribution >= 4 is 17.9 Å². The maximum atomic E-state index is 12.9. The normalized spacial score (nSPS) is 12.5. The SMILES string of the molecule is CC/C=C\C/C=C\C/C=C\C/C=C\CCCCC(=O)OCC(COC(=O)CCCCCCCCC/C=C\CCCCCCCCC)OC(=O)CCCCCCCCCCCCCCCCCC. The van der Waals surface area contributed by atoms with Crippen LogP contribution in [0.3, 0.4) is 0 Å². The van der Waals surface area contributed by atoms with Crippen molar-refractivity contribution in [3.63, 3.8) is 0 Å². The smallest absolute Gasteiger partial charge is 0.306 e. The molecule has 0 aromatic rings. The van der Waals surface area contributed by atoms with E-state index in [1.807, 2.05) is 0 Å². The Morgan fingerprint density at radius 3 is 0.955 bits per heavy atom. The molecule has 0 saturated heterocycles. The average Bonchev–Trinajstić information content (AvgIpc) is 3.33. The Morgan fingerprint density at radius 2 is 0.582 bits per heavy atom. The van der Waals surface area contributed by atoms with Crippen molar-refractivity contribution in [2.45, 2.75) is 297 Å². The first-order chi connectivity index (χ1) is 33.0. The Hall–Kier alpha value is -2.89. The van der Waals surface area contributed by atoms with Crippen LogP contribution in [0.25, 0.3) is 0 Å². The number of allylic oxidation sites excluding steroid dienone is 10. The minimum Gasteiger partial charge on any atom is -0.462 e. The van der Waals surface area contributed by atoms with E-state index in [1.54, 1.807) is 0 Å². The maximum absolute atomic E-state index is 12.9. The second kappa shape index (κ2) is 55.7. The zero-order valence-corrected chi connectivity index (χ0v) is 44.4. The van der Waals surface area contributed by atoms with E-state index >= 15 is 0 Å². The fraction of sp³-hybridized carbons (Fsp3) is 0.787. The molecule has 0 saturated carbocycles. The Bertz CT molecular complexity index is 1210. The molecule has 1 unspecified atom stereocenters. The van der Waals surface area contributed by atoms with Crippen LogP contribution in [0.2, 0.25) is 0 Å². The van der Waals surface area contributed by atoms with Gasteiger partial charge in [-0.25, -0.2) is 0 Å². The van der Waals surface area contributed by atoms with E-state index in [4.69, 9.17) is 14.2 Å². The molecule has 0 rings (SSSR count). The molecule has 0 aromatic heterocycles. The third-order valence-corrected chi connectivity index (χ3v) is 12.5. The Morgan fingerprint density at radius 1 is 0.313 bits per heavy atom. The topological polar surface area (TPSA) is 78.9 Å². The first kappa shape index (κ1) is 64.1. The first-order valence-electron chi connectivity index (χ1n) is 28.8. The molecule has 0 aliphatic carbocycles. The zero-order chi connectivity index (χ0) is 48.6. The average molecular weight is 938 g/mol. The predicted octanol–water partition coefficient (Wildman–Crippen LogP) is 19.2. The minimum absolute atomic E-state index is 0.0872. The second-order valence-electron chi connectivity index (χ2n) is 19.2. The van der Waals surface area contributed by atoms with Crippen LogP contribution < -0.4 is 0 Å². The molecule has 6 heteroatoms. The summed E-state index contributed by atoms with van der Waals surface area (Å²) in [5, 5.41) is 0. The molecule has 388 valence electrons. The van der Waals surface area contributed by atoms with Crippen LogP contribution in [-0.2, 0) is 28.6 Å². The van der Waals surface area contributed by atoms with Gasteiger partial charge in [-0.3, -0.25) is 14.4 Å². The lowest BCUT2D eigenvalue weighted by atomic mass is 10.0. The van der Waals surface area contributed by atoms with Crippen molar-refractivity contribution < 1.29 is 28.6 Å². The summed E-state index contributed by atoms with van der Waals surface area (Å²) in [6.07, 6.45) is 69.3. The van der Waals surface area contributed by atoms with E-state index in [-0.39, 0.29) is 31.1 Å². The number of hydrogen-bond donors (Lipinski definition) is 0. The molecule has 0 aromatic carbocycles. The summed E-state index contributed by atoms with van der Waals surface area (Å²) in [6, 6.07) is 0. The van der Waals surface area contributed by atoms with Crippen molar-refractivity contribution in [2.24, 2.45) is 0 Å². The molecular weight excluding hydrogens is 829 g/mol. The van der Waals surface area contributed by atoms with Gasteiger partial charge >= 0.3 is 17.9 Å². The molecule has 67 heavy (non-hydrogen) atoms. The first-order valence-corrected chi connectivity index (χ1v) is 28.8. The molecule has 0 fully saturated rings. The minimum atomic E-state index is -0.791. The van der Waals surface area contributed by atoms with Gasteiger partial charge in [0.15, 0.2) is 6.10 Å². The van der Waals surface area contributed by atoms with E-state index in [0.717, 1.165) is 83.5 Å². The van der Waals surface area contributed by atoms with E-state index in [9.17, 15) is 14.4 Å². The molecule has 0 aliphatic heterocycles. The lowest BCUT2D eigenvalue weighted by Crippen LogP contribution is -2.30.